The van der Waals surface area contributed by atoms with Crippen LogP contribution in [0.15, 0.2) is 115 Å². The van der Waals surface area contributed by atoms with Crippen LogP contribution in [0.4, 0.5) is 17.1 Å². The van der Waals surface area contributed by atoms with Crippen molar-refractivity contribution in [2.24, 2.45) is 0 Å². The summed E-state index contributed by atoms with van der Waals surface area (Å²) in [6.45, 7) is 0. The van der Waals surface area contributed by atoms with E-state index in [9.17, 15) is 4.79 Å². The Balaban J connectivity index is 1.70. The Morgan fingerprint density at radius 1 is 0.621 bits per heavy atom. The number of rotatable bonds is 6. The largest absolute Gasteiger partial charge is 0.379 e. The van der Waals surface area contributed by atoms with Crippen LogP contribution in [0.2, 0.25) is 0 Å². The van der Waals surface area contributed by atoms with Crippen molar-refractivity contribution in [2.75, 3.05) is 4.90 Å². The molecule has 0 aliphatic carbocycles. The van der Waals surface area contributed by atoms with Crippen LogP contribution in [0.1, 0.15) is 10.4 Å². The Kier molecular flexibility index (Phi) is 5.53. The molecule has 29 heavy (non-hydrogen) atoms. The average molecular weight is 380 g/mol. The van der Waals surface area contributed by atoms with Gasteiger partial charge in [-0.15, -0.1) is 0 Å². The first kappa shape index (κ1) is 18.3. The summed E-state index contributed by atoms with van der Waals surface area (Å²) in [4.78, 5) is 20.4. The highest BCUT2D eigenvalue weighted by atomic mass is 16.7. The fourth-order valence-corrected chi connectivity index (χ4v) is 3.09. The number of hydrogen-bond acceptors (Lipinski definition) is 3. The number of carbonyl (C=O) groups is 1. The molecule has 0 bridgehead atoms. The molecule has 0 heterocycles. The highest BCUT2D eigenvalue weighted by Crippen LogP contribution is 2.36. The smallest absolute Gasteiger partial charge is 0.286 e. The highest BCUT2D eigenvalue weighted by molar-refractivity contribution is 6.01. The number of amides is 1. The summed E-state index contributed by atoms with van der Waals surface area (Å²) in [5.74, 6) is 0.252. The molecule has 0 aliphatic rings. The van der Waals surface area contributed by atoms with Gasteiger partial charge >= 0.3 is 0 Å². The number of hydrogen-bond donors (Lipinski definition) is 1. The molecule has 4 heteroatoms. The molecule has 0 radical (unpaired) electrons. The van der Waals surface area contributed by atoms with Gasteiger partial charge in [-0.25, -0.2) is 0 Å². The van der Waals surface area contributed by atoms with Crippen LogP contribution < -0.4 is 15.2 Å². The van der Waals surface area contributed by atoms with E-state index in [0.717, 1.165) is 17.1 Å². The van der Waals surface area contributed by atoms with Crippen LogP contribution in [0.25, 0.3) is 0 Å². The molecule has 0 saturated heterocycles. The molecular weight excluding hydrogens is 360 g/mol. The van der Waals surface area contributed by atoms with E-state index in [0.29, 0.717) is 11.3 Å². The van der Waals surface area contributed by atoms with Crippen molar-refractivity contribution in [3.63, 3.8) is 0 Å². The molecule has 142 valence electrons. The molecule has 0 fully saturated rings. The summed E-state index contributed by atoms with van der Waals surface area (Å²) in [7, 11) is 0. The maximum absolute atomic E-state index is 12.9. The molecule has 0 aliphatic heterocycles. The third-order valence-electron chi connectivity index (χ3n) is 4.42. The van der Waals surface area contributed by atoms with Crippen LogP contribution in [0, 0.1) is 0 Å². The van der Waals surface area contributed by atoms with E-state index >= 15 is 0 Å². The summed E-state index contributed by atoms with van der Waals surface area (Å²) in [6.07, 6.45) is 0. The Bertz CT molecular complexity index is 1030. The van der Waals surface area contributed by atoms with Gasteiger partial charge in [0.25, 0.3) is 5.91 Å². The summed E-state index contributed by atoms with van der Waals surface area (Å²) in [5.41, 5.74) is 5.74. The number of anilines is 3. The van der Waals surface area contributed by atoms with E-state index in [1.165, 1.54) is 0 Å². The van der Waals surface area contributed by atoms with Crippen LogP contribution in [0.3, 0.4) is 0 Å². The van der Waals surface area contributed by atoms with Gasteiger partial charge in [0.1, 0.15) is 0 Å². The molecule has 4 aromatic rings. The predicted molar refractivity (Wildman–Crippen MR) is 116 cm³/mol. The second-order valence-electron chi connectivity index (χ2n) is 6.37. The van der Waals surface area contributed by atoms with Crippen molar-refractivity contribution in [3.8, 4) is 5.75 Å². The van der Waals surface area contributed by atoms with Crippen molar-refractivity contribution >= 4 is 23.0 Å². The number of carbonyl (C=O) groups excluding carboxylic acids is 1. The molecule has 1 amide bonds. The molecule has 0 spiro atoms. The zero-order chi connectivity index (χ0) is 19.9. The number of nitrogens with one attached hydrogen (secondary N) is 1. The highest BCUT2D eigenvalue weighted by Gasteiger charge is 2.19. The van der Waals surface area contributed by atoms with Gasteiger partial charge in [-0.3, -0.25) is 4.79 Å². The van der Waals surface area contributed by atoms with Crippen LogP contribution >= 0.6 is 0 Å². The topological polar surface area (TPSA) is 41.6 Å². The van der Waals surface area contributed by atoms with Crippen LogP contribution in [-0.4, -0.2) is 5.91 Å². The Hall–Kier alpha value is -4.05. The second-order valence-corrected chi connectivity index (χ2v) is 6.37. The lowest BCUT2D eigenvalue weighted by molar-refractivity contribution is 0.0760. The van der Waals surface area contributed by atoms with Gasteiger partial charge in [0.15, 0.2) is 5.75 Å². The minimum absolute atomic E-state index is 0.318. The van der Waals surface area contributed by atoms with E-state index in [-0.39, 0.29) is 5.91 Å². The standard InChI is InChI=1S/C25H20N2O2/c28-25(26-29-22-16-8-3-9-17-22)23-18-10-11-19-24(23)27(20-12-4-1-5-13-20)21-14-6-2-7-15-21/h1-19H,(H,26,28). The zero-order valence-corrected chi connectivity index (χ0v) is 15.7. The summed E-state index contributed by atoms with van der Waals surface area (Å²) in [5, 5.41) is 0. The van der Waals surface area contributed by atoms with Crippen molar-refractivity contribution in [2.45, 2.75) is 0 Å². The molecule has 4 nitrogen and oxygen atoms in total. The maximum atomic E-state index is 12.9. The summed E-state index contributed by atoms with van der Waals surface area (Å²) in [6, 6.07) is 36.6. The lowest BCUT2D eigenvalue weighted by Crippen LogP contribution is -2.28. The fraction of sp³-hybridized carbons (Fsp3) is 0. The monoisotopic (exact) mass is 380 g/mol. The lowest BCUT2D eigenvalue weighted by atomic mass is 10.1. The van der Waals surface area contributed by atoms with Crippen LogP contribution in [0.5, 0.6) is 5.75 Å². The van der Waals surface area contributed by atoms with Crippen molar-refractivity contribution in [3.05, 3.63) is 121 Å². The third kappa shape index (κ3) is 4.28. The molecule has 0 unspecified atom stereocenters. The average Bonchev–Trinajstić information content (AvgIpc) is 2.80. The first-order valence-corrected chi connectivity index (χ1v) is 9.34. The van der Waals surface area contributed by atoms with E-state index in [2.05, 4.69) is 10.4 Å². The van der Waals surface area contributed by atoms with Gasteiger partial charge < -0.3 is 9.74 Å². The van der Waals surface area contributed by atoms with Gasteiger partial charge in [0.05, 0.1) is 11.3 Å². The minimum Gasteiger partial charge on any atom is -0.379 e. The first-order chi connectivity index (χ1) is 14.3. The molecule has 0 atom stereocenters. The van der Waals surface area contributed by atoms with Gasteiger partial charge in [-0.2, -0.15) is 5.48 Å². The van der Waals surface area contributed by atoms with E-state index in [1.807, 2.05) is 97.1 Å². The predicted octanol–water partition coefficient (Wildman–Crippen LogP) is 5.88. The van der Waals surface area contributed by atoms with Gasteiger partial charge in [-0.1, -0.05) is 66.7 Å². The molecular formula is C25H20N2O2. The van der Waals surface area contributed by atoms with E-state index < -0.39 is 0 Å². The van der Waals surface area contributed by atoms with E-state index in [4.69, 9.17) is 4.84 Å². The molecule has 4 rings (SSSR count). The SMILES string of the molecule is O=C(NOc1ccccc1)c1ccccc1N(c1ccccc1)c1ccccc1. The second kappa shape index (κ2) is 8.76. The normalized spacial score (nSPS) is 10.2. The Morgan fingerprint density at radius 3 is 1.69 bits per heavy atom. The number of hydroxylamine groups is 1. The number of benzene rings is 4. The maximum Gasteiger partial charge on any atom is 0.286 e. The van der Waals surface area contributed by atoms with Crippen LogP contribution in [-0.2, 0) is 0 Å². The number of para-hydroxylation sites is 4. The van der Waals surface area contributed by atoms with Crippen molar-refractivity contribution in [1.29, 1.82) is 0 Å². The third-order valence-corrected chi connectivity index (χ3v) is 4.42. The lowest BCUT2D eigenvalue weighted by Gasteiger charge is -2.27. The van der Waals surface area contributed by atoms with Gasteiger partial charge in [0, 0.05) is 11.4 Å². The van der Waals surface area contributed by atoms with Gasteiger partial charge in [0.2, 0.25) is 0 Å². The number of nitrogens with zero attached hydrogens (tertiary/aromatic N) is 1. The molecule has 0 saturated carbocycles. The van der Waals surface area contributed by atoms with Crippen molar-refractivity contribution in [1.82, 2.24) is 5.48 Å². The quantitative estimate of drug-likeness (QED) is 0.425. The summed E-state index contributed by atoms with van der Waals surface area (Å²) < 4.78 is 0. The van der Waals surface area contributed by atoms with Crippen molar-refractivity contribution < 1.29 is 9.63 Å². The minimum atomic E-state index is -0.318. The Morgan fingerprint density at radius 2 is 1.10 bits per heavy atom. The Labute approximate surface area is 170 Å². The van der Waals surface area contributed by atoms with Gasteiger partial charge in [-0.05, 0) is 48.5 Å². The van der Waals surface area contributed by atoms with E-state index in [1.54, 1.807) is 18.2 Å². The molecule has 1 N–H and O–H groups in total. The summed E-state index contributed by atoms with van der Waals surface area (Å²) >= 11 is 0. The molecule has 4 aromatic carbocycles. The fourth-order valence-electron chi connectivity index (χ4n) is 3.09. The first-order valence-electron chi connectivity index (χ1n) is 9.34. The zero-order valence-electron chi connectivity index (χ0n) is 15.7. The molecule has 0 aromatic heterocycles.